The maximum absolute atomic E-state index is 11.8. The van der Waals surface area contributed by atoms with Crippen LogP contribution in [0.15, 0.2) is 18.2 Å². The maximum Gasteiger partial charge on any atom is 0.222 e. The summed E-state index contributed by atoms with van der Waals surface area (Å²) in [5.74, 6) is 0.256. The molecule has 0 aliphatic carbocycles. The van der Waals surface area contributed by atoms with Crippen molar-refractivity contribution in [2.75, 3.05) is 19.6 Å². The lowest BCUT2D eigenvalue weighted by atomic mass is 9.97. The molecular formula is C15H22N2O. The van der Waals surface area contributed by atoms with E-state index >= 15 is 0 Å². The van der Waals surface area contributed by atoms with Crippen molar-refractivity contribution in [3.05, 3.63) is 34.9 Å². The van der Waals surface area contributed by atoms with Crippen LogP contribution in [0.1, 0.15) is 36.1 Å². The molecule has 1 aromatic carbocycles. The first kappa shape index (κ1) is 13.1. The van der Waals surface area contributed by atoms with Gasteiger partial charge in [-0.1, -0.05) is 30.7 Å². The minimum absolute atomic E-state index is 0.256. The lowest BCUT2D eigenvalue weighted by Gasteiger charge is -2.34. The van der Waals surface area contributed by atoms with Crippen molar-refractivity contribution in [3.8, 4) is 0 Å². The minimum Gasteiger partial charge on any atom is -0.340 e. The largest absolute Gasteiger partial charge is 0.340 e. The van der Waals surface area contributed by atoms with Crippen LogP contribution in [0.4, 0.5) is 0 Å². The predicted molar refractivity (Wildman–Crippen MR) is 73.5 cm³/mol. The molecule has 18 heavy (non-hydrogen) atoms. The van der Waals surface area contributed by atoms with Crippen molar-refractivity contribution in [1.29, 1.82) is 0 Å². The van der Waals surface area contributed by atoms with Crippen molar-refractivity contribution < 1.29 is 4.79 Å². The van der Waals surface area contributed by atoms with E-state index in [2.05, 4.69) is 37.4 Å². The molecule has 1 fully saturated rings. The summed E-state index contributed by atoms with van der Waals surface area (Å²) in [4.78, 5) is 13.8. The number of nitrogens with zero attached hydrogens (tertiary/aromatic N) is 1. The fourth-order valence-corrected chi connectivity index (χ4v) is 2.62. The highest BCUT2D eigenvalue weighted by molar-refractivity contribution is 5.76. The van der Waals surface area contributed by atoms with E-state index in [1.165, 1.54) is 16.7 Å². The number of benzene rings is 1. The molecule has 3 nitrogen and oxygen atoms in total. The smallest absolute Gasteiger partial charge is 0.222 e. The first-order valence-electron chi connectivity index (χ1n) is 6.70. The van der Waals surface area contributed by atoms with Crippen LogP contribution in [0, 0.1) is 13.8 Å². The van der Waals surface area contributed by atoms with Gasteiger partial charge in [0, 0.05) is 26.1 Å². The summed E-state index contributed by atoms with van der Waals surface area (Å²) in [5, 5.41) is 3.51. The van der Waals surface area contributed by atoms with E-state index < -0.39 is 0 Å². The summed E-state index contributed by atoms with van der Waals surface area (Å²) in [6.45, 7) is 8.67. The molecule has 0 saturated carbocycles. The molecule has 98 valence electrons. The Kier molecular flexibility index (Phi) is 4.02. The molecule has 1 aliphatic rings. The summed E-state index contributed by atoms with van der Waals surface area (Å²) >= 11 is 0. The molecule has 0 radical (unpaired) electrons. The predicted octanol–water partition coefficient (Wildman–Crippen LogP) is 2.19. The van der Waals surface area contributed by atoms with Gasteiger partial charge in [-0.3, -0.25) is 4.79 Å². The third-order valence-corrected chi connectivity index (χ3v) is 3.63. The van der Waals surface area contributed by atoms with E-state index in [9.17, 15) is 4.79 Å². The monoisotopic (exact) mass is 246 g/mol. The van der Waals surface area contributed by atoms with E-state index in [0.717, 1.165) is 19.6 Å². The highest BCUT2D eigenvalue weighted by Crippen LogP contribution is 2.22. The van der Waals surface area contributed by atoms with E-state index in [0.29, 0.717) is 6.42 Å². The molecule has 1 aromatic rings. The number of amides is 1. The van der Waals surface area contributed by atoms with E-state index in [4.69, 9.17) is 0 Å². The highest BCUT2D eigenvalue weighted by Gasteiger charge is 2.24. The summed E-state index contributed by atoms with van der Waals surface area (Å²) in [6.07, 6.45) is 0.597. The number of hydrogen-bond acceptors (Lipinski definition) is 2. The average Bonchev–Trinajstić information content (AvgIpc) is 2.38. The third kappa shape index (κ3) is 2.72. The number of carbonyl (C=O) groups is 1. The van der Waals surface area contributed by atoms with Gasteiger partial charge in [-0.25, -0.2) is 0 Å². The SMILES string of the molecule is CCC(=O)N1CCNC(c2ccc(C)cc2C)C1. The molecule has 2 rings (SSSR count). The molecule has 1 amide bonds. The number of nitrogens with one attached hydrogen (secondary N) is 1. The Balaban J connectivity index is 2.15. The summed E-state index contributed by atoms with van der Waals surface area (Å²) in [7, 11) is 0. The standard InChI is InChI=1S/C15H22N2O/c1-4-15(18)17-8-7-16-14(10-17)13-6-5-11(2)9-12(13)3/h5-6,9,14,16H,4,7-8,10H2,1-3H3. The van der Waals surface area contributed by atoms with Crippen molar-refractivity contribution >= 4 is 5.91 Å². The van der Waals surface area contributed by atoms with E-state index in [1.54, 1.807) is 0 Å². The van der Waals surface area contributed by atoms with Crippen molar-refractivity contribution in [3.63, 3.8) is 0 Å². The van der Waals surface area contributed by atoms with Crippen LogP contribution >= 0.6 is 0 Å². The van der Waals surface area contributed by atoms with Gasteiger partial charge in [-0.05, 0) is 25.0 Å². The second-order valence-corrected chi connectivity index (χ2v) is 5.06. The van der Waals surface area contributed by atoms with Gasteiger partial charge in [0.25, 0.3) is 0 Å². The summed E-state index contributed by atoms with van der Waals surface area (Å²) < 4.78 is 0. The average molecular weight is 246 g/mol. The molecule has 0 bridgehead atoms. The van der Waals surface area contributed by atoms with Crippen LogP contribution in [0.25, 0.3) is 0 Å². The van der Waals surface area contributed by atoms with Gasteiger partial charge in [-0.2, -0.15) is 0 Å². The molecule has 3 heteroatoms. The fourth-order valence-electron chi connectivity index (χ4n) is 2.62. The van der Waals surface area contributed by atoms with Gasteiger partial charge < -0.3 is 10.2 Å². The number of hydrogen-bond donors (Lipinski definition) is 1. The molecule has 1 N–H and O–H groups in total. The Morgan fingerprint density at radius 2 is 2.22 bits per heavy atom. The van der Waals surface area contributed by atoms with Crippen LogP contribution in [0.2, 0.25) is 0 Å². The lowest BCUT2D eigenvalue weighted by Crippen LogP contribution is -2.48. The first-order chi connectivity index (χ1) is 8.61. The Morgan fingerprint density at radius 3 is 2.89 bits per heavy atom. The molecule has 1 heterocycles. The van der Waals surface area contributed by atoms with Crippen LogP contribution in [0.3, 0.4) is 0 Å². The number of rotatable bonds is 2. The lowest BCUT2D eigenvalue weighted by molar-refractivity contribution is -0.132. The van der Waals surface area contributed by atoms with Gasteiger partial charge in [-0.15, -0.1) is 0 Å². The number of piperazine rings is 1. The molecule has 0 spiro atoms. The van der Waals surface area contributed by atoms with E-state index in [-0.39, 0.29) is 11.9 Å². The Morgan fingerprint density at radius 1 is 1.44 bits per heavy atom. The maximum atomic E-state index is 11.8. The summed E-state index contributed by atoms with van der Waals surface area (Å²) in [6, 6.07) is 6.81. The van der Waals surface area contributed by atoms with Crippen molar-refractivity contribution in [2.24, 2.45) is 0 Å². The highest BCUT2D eigenvalue weighted by atomic mass is 16.2. The molecule has 1 unspecified atom stereocenters. The zero-order chi connectivity index (χ0) is 13.1. The molecular weight excluding hydrogens is 224 g/mol. The number of carbonyl (C=O) groups excluding carboxylic acids is 1. The topological polar surface area (TPSA) is 32.3 Å². The zero-order valence-electron chi connectivity index (χ0n) is 11.5. The normalized spacial score (nSPS) is 19.9. The third-order valence-electron chi connectivity index (χ3n) is 3.63. The van der Waals surface area contributed by atoms with E-state index in [1.807, 2.05) is 11.8 Å². The Labute approximate surface area is 109 Å². The van der Waals surface area contributed by atoms with Crippen LogP contribution in [0.5, 0.6) is 0 Å². The Hall–Kier alpha value is -1.35. The molecule has 0 aromatic heterocycles. The van der Waals surface area contributed by atoms with Crippen molar-refractivity contribution in [2.45, 2.75) is 33.2 Å². The minimum atomic E-state index is 0.256. The van der Waals surface area contributed by atoms with Gasteiger partial charge in [0.15, 0.2) is 0 Å². The van der Waals surface area contributed by atoms with Crippen LogP contribution < -0.4 is 5.32 Å². The first-order valence-corrected chi connectivity index (χ1v) is 6.70. The van der Waals surface area contributed by atoms with Gasteiger partial charge in [0.1, 0.15) is 0 Å². The Bertz CT molecular complexity index is 442. The van der Waals surface area contributed by atoms with Crippen LogP contribution in [-0.2, 0) is 4.79 Å². The second-order valence-electron chi connectivity index (χ2n) is 5.06. The molecule has 1 saturated heterocycles. The molecule has 1 aliphatic heterocycles. The van der Waals surface area contributed by atoms with Crippen molar-refractivity contribution in [1.82, 2.24) is 10.2 Å². The number of aryl methyl sites for hydroxylation is 2. The molecule has 1 atom stereocenters. The summed E-state index contributed by atoms with van der Waals surface area (Å²) in [5.41, 5.74) is 3.90. The second kappa shape index (κ2) is 5.53. The zero-order valence-corrected chi connectivity index (χ0v) is 11.5. The van der Waals surface area contributed by atoms with Gasteiger partial charge in [0.05, 0.1) is 6.04 Å². The van der Waals surface area contributed by atoms with Crippen LogP contribution in [-0.4, -0.2) is 30.4 Å². The fraction of sp³-hybridized carbons (Fsp3) is 0.533. The quantitative estimate of drug-likeness (QED) is 0.867. The van der Waals surface area contributed by atoms with Gasteiger partial charge in [0.2, 0.25) is 5.91 Å². The van der Waals surface area contributed by atoms with Gasteiger partial charge >= 0.3 is 0 Å².